The lowest BCUT2D eigenvalue weighted by Gasteiger charge is -2.10. The maximum Gasteiger partial charge on any atom is 0.340 e. The van der Waals surface area contributed by atoms with Crippen LogP contribution in [0, 0.1) is 6.92 Å². The molecule has 0 saturated heterocycles. The standard InChI is InChI=1S/C25H21Cl2NO3S/c1-3-31-25(30)23-15(2)28(18-8-4-16(26)5-9-18)21-12-13-22(29)20(24(21)23)14-32-19-10-6-17(27)7-11-19/h4-13,29H,3,14H2,1-2H3. The van der Waals surface area contributed by atoms with Crippen LogP contribution in [0.1, 0.15) is 28.5 Å². The number of thioether (sulfide) groups is 1. The molecule has 1 N–H and O–H groups in total. The average Bonchev–Trinajstić information content (AvgIpc) is 3.07. The number of aromatic nitrogens is 1. The molecule has 0 spiro atoms. The molecule has 0 amide bonds. The Balaban J connectivity index is 1.90. The van der Waals surface area contributed by atoms with Crippen LogP contribution in [0.4, 0.5) is 0 Å². The SMILES string of the molecule is CCOC(=O)c1c(C)n(-c2ccc(Cl)cc2)c2ccc(O)c(CSc3ccc(Cl)cc3)c12. The van der Waals surface area contributed by atoms with E-state index in [9.17, 15) is 9.90 Å². The Morgan fingerprint density at radius 2 is 1.62 bits per heavy atom. The van der Waals surface area contributed by atoms with Crippen molar-refractivity contribution in [2.75, 3.05) is 6.61 Å². The molecule has 3 aromatic carbocycles. The molecule has 0 aliphatic heterocycles. The van der Waals surface area contributed by atoms with Crippen LogP contribution in [-0.2, 0) is 10.5 Å². The number of aromatic hydroxyl groups is 1. The number of fused-ring (bicyclic) bond motifs is 1. The predicted molar refractivity (Wildman–Crippen MR) is 132 cm³/mol. The second-order valence-corrected chi connectivity index (χ2v) is 9.11. The van der Waals surface area contributed by atoms with E-state index in [2.05, 4.69) is 0 Å². The van der Waals surface area contributed by atoms with Crippen molar-refractivity contribution in [1.82, 2.24) is 4.57 Å². The van der Waals surface area contributed by atoms with E-state index in [0.29, 0.717) is 32.3 Å². The number of nitrogens with zero attached hydrogens (tertiary/aromatic N) is 1. The number of phenolic OH excluding ortho intramolecular Hbond substituents is 1. The lowest BCUT2D eigenvalue weighted by molar-refractivity contribution is 0.0527. The van der Waals surface area contributed by atoms with Gasteiger partial charge in [-0.2, -0.15) is 0 Å². The first kappa shape index (κ1) is 22.6. The first-order valence-corrected chi connectivity index (χ1v) is 11.8. The van der Waals surface area contributed by atoms with Gasteiger partial charge in [0, 0.05) is 43.0 Å². The van der Waals surface area contributed by atoms with Gasteiger partial charge in [0.15, 0.2) is 0 Å². The molecule has 0 saturated carbocycles. The summed E-state index contributed by atoms with van der Waals surface area (Å²) < 4.78 is 7.37. The Kier molecular flexibility index (Phi) is 6.70. The van der Waals surface area contributed by atoms with Crippen molar-refractivity contribution in [1.29, 1.82) is 0 Å². The number of rotatable bonds is 6. The van der Waals surface area contributed by atoms with Crippen molar-refractivity contribution in [2.24, 2.45) is 0 Å². The first-order chi connectivity index (χ1) is 15.4. The van der Waals surface area contributed by atoms with Gasteiger partial charge in [0.1, 0.15) is 5.75 Å². The van der Waals surface area contributed by atoms with Gasteiger partial charge in [-0.1, -0.05) is 23.2 Å². The molecule has 0 aliphatic rings. The van der Waals surface area contributed by atoms with Crippen LogP contribution < -0.4 is 0 Å². The molecule has 4 aromatic rings. The fourth-order valence-corrected chi connectivity index (χ4v) is 4.96. The Bertz CT molecular complexity index is 1280. The van der Waals surface area contributed by atoms with Gasteiger partial charge < -0.3 is 14.4 Å². The highest BCUT2D eigenvalue weighted by molar-refractivity contribution is 7.98. The molecular weight excluding hydrogens is 465 g/mol. The third-order valence-corrected chi connectivity index (χ3v) is 6.76. The van der Waals surface area contributed by atoms with Crippen LogP contribution in [0.25, 0.3) is 16.6 Å². The number of carbonyl (C=O) groups is 1. The maximum atomic E-state index is 13.0. The lowest BCUT2D eigenvalue weighted by atomic mass is 10.0. The smallest absolute Gasteiger partial charge is 0.340 e. The highest BCUT2D eigenvalue weighted by Gasteiger charge is 2.25. The number of phenols is 1. The number of hydrogen-bond acceptors (Lipinski definition) is 4. The van der Waals surface area contributed by atoms with E-state index in [4.69, 9.17) is 27.9 Å². The van der Waals surface area contributed by atoms with E-state index in [1.165, 1.54) is 0 Å². The van der Waals surface area contributed by atoms with Gasteiger partial charge in [-0.15, -0.1) is 11.8 Å². The summed E-state index contributed by atoms with van der Waals surface area (Å²) in [4.78, 5) is 14.0. The topological polar surface area (TPSA) is 51.5 Å². The molecule has 7 heteroatoms. The summed E-state index contributed by atoms with van der Waals surface area (Å²) in [6.45, 7) is 3.92. The zero-order chi connectivity index (χ0) is 22.8. The second-order valence-electron chi connectivity index (χ2n) is 7.19. The molecule has 0 aliphatic carbocycles. The lowest BCUT2D eigenvalue weighted by Crippen LogP contribution is -2.07. The van der Waals surface area contributed by atoms with Gasteiger partial charge in [0.25, 0.3) is 0 Å². The molecule has 1 aromatic heterocycles. The number of ether oxygens (including phenoxy) is 1. The molecular formula is C25H21Cl2NO3S. The molecule has 32 heavy (non-hydrogen) atoms. The minimum Gasteiger partial charge on any atom is -0.508 e. The molecule has 0 bridgehead atoms. The minimum atomic E-state index is -0.411. The molecule has 164 valence electrons. The first-order valence-electron chi connectivity index (χ1n) is 10.1. The van der Waals surface area contributed by atoms with Gasteiger partial charge in [-0.25, -0.2) is 4.79 Å². The number of benzene rings is 3. The van der Waals surface area contributed by atoms with Crippen LogP contribution in [0.2, 0.25) is 10.0 Å². The largest absolute Gasteiger partial charge is 0.508 e. The van der Waals surface area contributed by atoms with E-state index >= 15 is 0 Å². The normalized spacial score (nSPS) is 11.1. The van der Waals surface area contributed by atoms with E-state index < -0.39 is 5.97 Å². The summed E-state index contributed by atoms with van der Waals surface area (Å²) >= 11 is 13.6. The monoisotopic (exact) mass is 485 g/mol. The highest BCUT2D eigenvalue weighted by atomic mass is 35.5. The van der Waals surface area contributed by atoms with E-state index in [1.54, 1.807) is 24.8 Å². The fourth-order valence-electron chi connectivity index (χ4n) is 3.77. The van der Waals surface area contributed by atoms with Crippen molar-refractivity contribution < 1.29 is 14.6 Å². The minimum absolute atomic E-state index is 0.137. The van der Waals surface area contributed by atoms with Crippen LogP contribution in [0.3, 0.4) is 0 Å². The number of carbonyl (C=O) groups excluding carboxylic acids is 1. The Morgan fingerprint density at radius 3 is 2.25 bits per heavy atom. The third-order valence-electron chi connectivity index (χ3n) is 5.22. The van der Waals surface area contributed by atoms with Crippen molar-refractivity contribution in [2.45, 2.75) is 24.5 Å². The van der Waals surface area contributed by atoms with Crippen molar-refractivity contribution in [3.8, 4) is 11.4 Å². The molecule has 0 fully saturated rings. The Labute approximate surface area is 200 Å². The molecule has 0 unspecified atom stereocenters. The Hall–Kier alpha value is -2.60. The number of hydrogen-bond donors (Lipinski definition) is 1. The summed E-state index contributed by atoms with van der Waals surface area (Å²) in [6.07, 6.45) is 0. The Morgan fingerprint density at radius 1 is 1.00 bits per heavy atom. The molecule has 4 rings (SSSR count). The molecule has 0 atom stereocenters. The van der Waals surface area contributed by atoms with Crippen molar-refractivity contribution in [3.63, 3.8) is 0 Å². The molecule has 0 radical (unpaired) electrons. The fraction of sp³-hybridized carbons (Fsp3) is 0.160. The van der Waals surface area contributed by atoms with Gasteiger partial charge in [0.2, 0.25) is 0 Å². The molecule has 4 nitrogen and oxygen atoms in total. The summed E-state index contributed by atoms with van der Waals surface area (Å²) in [5, 5.41) is 12.7. The van der Waals surface area contributed by atoms with Crippen LogP contribution in [0.5, 0.6) is 5.75 Å². The van der Waals surface area contributed by atoms with Gasteiger partial charge in [0.05, 0.1) is 17.7 Å². The summed E-state index contributed by atoms with van der Waals surface area (Å²) in [5.74, 6) is 0.199. The zero-order valence-corrected chi connectivity index (χ0v) is 19.9. The van der Waals surface area contributed by atoms with Crippen molar-refractivity contribution in [3.05, 3.63) is 87.5 Å². The highest BCUT2D eigenvalue weighted by Crippen LogP contribution is 2.39. The van der Waals surface area contributed by atoms with Crippen molar-refractivity contribution >= 4 is 51.8 Å². The summed E-state index contributed by atoms with van der Waals surface area (Å²) in [7, 11) is 0. The average molecular weight is 486 g/mol. The van der Waals surface area contributed by atoms with Gasteiger partial charge >= 0.3 is 5.97 Å². The quantitative estimate of drug-likeness (QED) is 0.228. The van der Waals surface area contributed by atoms with Crippen LogP contribution in [0.15, 0.2) is 65.6 Å². The summed E-state index contributed by atoms with van der Waals surface area (Å²) in [6, 6.07) is 18.4. The second kappa shape index (κ2) is 9.49. The van der Waals surface area contributed by atoms with Gasteiger partial charge in [-0.05, 0) is 74.5 Å². The van der Waals surface area contributed by atoms with E-state index in [0.717, 1.165) is 21.8 Å². The van der Waals surface area contributed by atoms with Gasteiger partial charge in [-0.3, -0.25) is 0 Å². The third kappa shape index (κ3) is 4.33. The molecule has 1 heterocycles. The number of esters is 1. The van der Waals surface area contributed by atoms with E-state index in [1.807, 2.05) is 66.1 Å². The predicted octanol–water partition coefficient (Wildman–Crippen LogP) is 7.42. The zero-order valence-electron chi connectivity index (χ0n) is 17.6. The van der Waals surface area contributed by atoms with E-state index in [-0.39, 0.29) is 12.4 Å². The maximum absolute atomic E-state index is 13.0. The van der Waals surface area contributed by atoms with Crippen LogP contribution >= 0.6 is 35.0 Å². The number of halogens is 2. The summed E-state index contributed by atoms with van der Waals surface area (Å²) in [5.41, 5.74) is 3.57. The van der Waals surface area contributed by atoms with Crippen LogP contribution in [-0.4, -0.2) is 22.2 Å².